The van der Waals surface area contributed by atoms with E-state index >= 15 is 0 Å². The predicted octanol–water partition coefficient (Wildman–Crippen LogP) is 10.1. The van der Waals surface area contributed by atoms with Gasteiger partial charge >= 0.3 is 6.18 Å². The maximum atomic E-state index is 14.1. The summed E-state index contributed by atoms with van der Waals surface area (Å²) in [4.78, 5) is 25.9. The smallest absolute Gasteiger partial charge is 0.416 e. The number of carbonyl (C=O) groups excluding carboxylic acids is 2. The molecule has 1 heterocycles. The topological polar surface area (TPSA) is 67.4 Å². The molecule has 236 valence electrons. The summed E-state index contributed by atoms with van der Waals surface area (Å²) < 4.78 is 48.2. The number of rotatable bonds is 8. The monoisotopic (exact) mass is 616 g/mol. The van der Waals surface area contributed by atoms with Crippen molar-refractivity contribution in [1.82, 2.24) is 0 Å². The van der Waals surface area contributed by atoms with Gasteiger partial charge in [-0.25, -0.2) is 0 Å². The Morgan fingerprint density at radius 1 is 0.822 bits per heavy atom. The van der Waals surface area contributed by atoms with Gasteiger partial charge in [0, 0.05) is 23.4 Å². The number of halogens is 3. The molecular formula is C37H39F3N2O3. The average molecular weight is 617 g/mol. The van der Waals surface area contributed by atoms with E-state index in [1.54, 1.807) is 36.4 Å². The van der Waals surface area contributed by atoms with Gasteiger partial charge in [-0.3, -0.25) is 9.59 Å². The number of benzene rings is 3. The summed E-state index contributed by atoms with van der Waals surface area (Å²) in [6.07, 6.45) is 3.64. The Kier molecular flexibility index (Phi) is 10.4. The Morgan fingerprint density at radius 2 is 1.47 bits per heavy atom. The highest BCUT2D eigenvalue weighted by atomic mass is 19.4. The lowest BCUT2D eigenvalue weighted by atomic mass is 9.80. The fourth-order valence-corrected chi connectivity index (χ4v) is 6.14. The minimum atomic E-state index is -4.68. The van der Waals surface area contributed by atoms with Gasteiger partial charge in [-0.05, 0) is 97.5 Å². The number of alkyl halides is 3. The minimum absolute atomic E-state index is 0.226. The van der Waals surface area contributed by atoms with Crippen LogP contribution in [-0.2, 0) is 9.53 Å². The molecule has 1 fully saturated rings. The second-order valence-corrected chi connectivity index (χ2v) is 12.1. The fraction of sp³-hybridized carbons (Fsp3) is 0.351. The first-order valence-corrected chi connectivity index (χ1v) is 15.7. The first-order valence-electron chi connectivity index (χ1n) is 15.7. The minimum Gasteiger partial charge on any atom is -0.456 e. The Labute approximate surface area is 262 Å². The van der Waals surface area contributed by atoms with Crippen LogP contribution in [0.3, 0.4) is 0 Å². The van der Waals surface area contributed by atoms with Crippen molar-refractivity contribution in [3.8, 4) is 11.1 Å². The lowest BCUT2D eigenvalue weighted by Crippen LogP contribution is -2.25. The third kappa shape index (κ3) is 8.87. The van der Waals surface area contributed by atoms with Crippen LogP contribution in [0.5, 0.6) is 0 Å². The second kappa shape index (κ2) is 14.6. The van der Waals surface area contributed by atoms with Crippen molar-refractivity contribution in [2.24, 2.45) is 11.8 Å². The van der Waals surface area contributed by atoms with Crippen molar-refractivity contribution >= 4 is 23.2 Å². The quantitative estimate of drug-likeness (QED) is 0.265. The third-order valence-corrected chi connectivity index (χ3v) is 8.56. The molecule has 3 aromatic carbocycles. The number of allylic oxidation sites excluding steroid dienone is 3. The molecule has 0 aromatic heterocycles. The van der Waals surface area contributed by atoms with E-state index in [1.165, 1.54) is 12.8 Å². The maximum Gasteiger partial charge on any atom is 0.416 e. The van der Waals surface area contributed by atoms with E-state index in [0.29, 0.717) is 53.8 Å². The number of hydrogen-bond donors (Lipinski definition) is 2. The van der Waals surface area contributed by atoms with Crippen LogP contribution in [0.2, 0.25) is 0 Å². The van der Waals surface area contributed by atoms with Crippen molar-refractivity contribution in [3.05, 3.63) is 108 Å². The summed E-state index contributed by atoms with van der Waals surface area (Å²) in [7, 11) is 0. The lowest BCUT2D eigenvalue weighted by Gasteiger charge is -2.27. The predicted molar refractivity (Wildman–Crippen MR) is 171 cm³/mol. The Hall–Kier alpha value is -4.33. The normalized spacial score (nSPS) is 19.1. The molecular weight excluding hydrogens is 577 g/mol. The summed E-state index contributed by atoms with van der Waals surface area (Å²) in [5, 5.41) is 5.47. The molecule has 2 unspecified atom stereocenters. The van der Waals surface area contributed by atoms with Gasteiger partial charge in [0.2, 0.25) is 0 Å². The number of hydrogen-bond acceptors (Lipinski definition) is 3. The second-order valence-electron chi connectivity index (χ2n) is 12.1. The molecule has 1 aliphatic heterocycles. The first-order chi connectivity index (χ1) is 21.7. The zero-order chi connectivity index (χ0) is 31.8. The average Bonchev–Trinajstić information content (AvgIpc) is 3.01. The number of nitrogens with one attached hydrogen (secondary N) is 2. The van der Waals surface area contributed by atoms with Crippen LogP contribution in [0.4, 0.5) is 24.5 Å². The van der Waals surface area contributed by atoms with E-state index in [0.717, 1.165) is 30.4 Å². The third-order valence-electron chi connectivity index (χ3n) is 8.56. The maximum absolute atomic E-state index is 14.1. The molecule has 5 rings (SSSR count). The number of para-hydroxylation sites is 1. The number of anilines is 2. The van der Waals surface area contributed by atoms with Gasteiger partial charge in [0.05, 0.1) is 5.57 Å². The van der Waals surface area contributed by atoms with Crippen molar-refractivity contribution < 1.29 is 27.5 Å². The van der Waals surface area contributed by atoms with Gasteiger partial charge in [0.15, 0.2) is 5.76 Å². The van der Waals surface area contributed by atoms with E-state index in [1.807, 2.05) is 48.5 Å². The molecule has 2 atom stereocenters. The summed E-state index contributed by atoms with van der Waals surface area (Å²) in [5.74, 6) is -0.186. The summed E-state index contributed by atoms with van der Waals surface area (Å²) in [5.41, 5.74) is 2.29. The highest BCUT2D eigenvalue weighted by Gasteiger charge is 2.40. The molecule has 5 nitrogen and oxygen atoms in total. The largest absolute Gasteiger partial charge is 0.456 e. The molecule has 1 saturated carbocycles. The number of amides is 2. The van der Waals surface area contributed by atoms with Crippen molar-refractivity contribution in [1.29, 1.82) is 0 Å². The van der Waals surface area contributed by atoms with Gasteiger partial charge < -0.3 is 15.4 Å². The van der Waals surface area contributed by atoms with Crippen LogP contribution in [0.1, 0.15) is 75.1 Å². The van der Waals surface area contributed by atoms with E-state index in [-0.39, 0.29) is 12.3 Å². The van der Waals surface area contributed by atoms with Crippen molar-refractivity contribution in [2.75, 3.05) is 10.6 Å². The van der Waals surface area contributed by atoms with Gasteiger partial charge in [-0.1, -0.05) is 68.7 Å². The number of carbonyl (C=O) groups is 2. The molecule has 0 spiro atoms. The molecule has 0 radical (unpaired) electrons. The van der Waals surface area contributed by atoms with Crippen LogP contribution < -0.4 is 10.6 Å². The molecule has 0 bridgehead atoms. The van der Waals surface area contributed by atoms with Gasteiger partial charge in [-0.2, -0.15) is 13.2 Å². The Bertz CT molecular complexity index is 1530. The molecule has 2 amide bonds. The van der Waals surface area contributed by atoms with Crippen LogP contribution in [0.15, 0.2) is 102 Å². The van der Waals surface area contributed by atoms with E-state index in [2.05, 4.69) is 17.6 Å². The summed E-state index contributed by atoms with van der Waals surface area (Å²) in [6, 6.07) is 23.1. The zero-order valence-electron chi connectivity index (χ0n) is 25.5. The molecule has 45 heavy (non-hydrogen) atoms. The zero-order valence-corrected chi connectivity index (χ0v) is 25.5. The SMILES string of the molecule is CC1CCCC(CCC2=CCCCC(C(F)(F)F)=C(C(=O)Nc3ccc(-c4ccc(C(=O)Nc5ccccc5)cc4)cc3)O2)C1. The highest BCUT2D eigenvalue weighted by Crippen LogP contribution is 2.37. The Balaban J connectivity index is 1.25. The molecule has 8 heteroatoms. The van der Waals surface area contributed by atoms with Crippen molar-refractivity contribution in [3.63, 3.8) is 0 Å². The molecule has 2 aliphatic rings. The van der Waals surface area contributed by atoms with Crippen molar-refractivity contribution in [2.45, 2.75) is 70.9 Å². The standard InChI is InChI=1S/C37H39F3N2O3/c1-25-8-7-9-26(24-25)14-23-32-12-5-6-13-33(37(38,39)40)34(45-32)36(44)42-31-21-19-28(20-22-31)27-15-17-29(18-16-27)35(43)41-30-10-3-2-4-11-30/h2-4,10-12,15-22,25-26H,5-9,13-14,23-24H2,1H3,(H,41,43)(H,42,44). The first kappa shape index (κ1) is 32.1. The number of ether oxygens (including phenoxy) is 1. The molecule has 3 aromatic rings. The summed E-state index contributed by atoms with van der Waals surface area (Å²) >= 11 is 0. The lowest BCUT2D eigenvalue weighted by molar-refractivity contribution is -0.119. The fourth-order valence-electron chi connectivity index (χ4n) is 6.14. The van der Waals surface area contributed by atoms with Crippen LogP contribution in [0, 0.1) is 11.8 Å². The van der Waals surface area contributed by atoms with Gasteiger partial charge in [-0.15, -0.1) is 0 Å². The van der Waals surface area contributed by atoms with E-state index in [4.69, 9.17) is 4.74 Å². The van der Waals surface area contributed by atoms with Crippen LogP contribution >= 0.6 is 0 Å². The molecule has 2 N–H and O–H groups in total. The van der Waals surface area contributed by atoms with Gasteiger partial charge in [0.25, 0.3) is 11.8 Å². The molecule has 0 saturated heterocycles. The van der Waals surface area contributed by atoms with E-state index < -0.39 is 23.4 Å². The van der Waals surface area contributed by atoms with E-state index in [9.17, 15) is 22.8 Å². The van der Waals surface area contributed by atoms with Crippen LogP contribution in [0.25, 0.3) is 11.1 Å². The van der Waals surface area contributed by atoms with Gasteiger partial charge in [0.1, 0.15) is 5.76 Å². The highest BCUT2D eigenvalue weighted by molar-refractivity contribution is 6.04. The van der Waals surface area contributed by atoms with Crippen LogP contribution in [-0.4, -0.2) is 18.0 Å². The molecule has 1 aliphatic carbocycles. The summed E-state index contributed by atoms with van der Waals surface area (Å²) in [6.45, 7) is 2.24. The Morgan fingerprint density at radius 3 is 2.13 bits per heavy atom.